The van der Waals surface area contributed by atoms with Crippen molar-refractivity contribution in [3.63, 3.8) is 0 Å². The van der Waals surface area contributed by atoms with Gasteiger partial charge in [0.25, 0.3) is 6.47 Å². The summed E-state index contributed by atoms with van der Waals surface area (Å²) in [4.78, 5) is 21.0. The number of anilines is 1. The monoisotopic (exact) mass is 542 g/mol. The molecule has 1 aromatic heterocycles. The molecule has 0 radical (unpaired) electrons. The van der Waals surface area contributed by atoms with E-state index in [0.717, 1.165) is 43.7 Å². The first-order chi connectivity index (χ1) is 16.9. The van der Waals surface area contributed by atoms with Crippen LogP contribution in [-0.2, 0) is 29.7 Å². The molecule has 3 fully saturated rings. The fourth-order valence-corrected chi connectivity index (χ4v) is 6.37. The van der Waals surface area contributed by atoms with Crippen LogP contribution in [0.5, 0.6) is 0 Å². The van der Waals surface area contributed by atoms with E-state index in [1.807, 2.05) is 20.8 Å². The smallest absolute Gasteiger partial charge is 0.293 e. The van der Waals surface area contributed by atoms with Crippen molar-refractivity contribution in [2.75, 3.05) is 43.5 Å². The molecular weight excluding hydrogens is 504 g/mol. The zero-order valence-corrected chi connectivity index (χ0v) is 23.4. The summed E-state index contributed by atoms with van der Waals surface area (Å²) in [6.07, 6.45) is 5.30. The number of rotatable bonds is 7. The Morgan fingerprint density at radius 3 is 2.42 bits per heavy atom. The number of hydrogen-bond donors (Lipinski definition) is 0. The summed E-state index contributed by atoms with van der Waals surface area (Å²) >= 11 is 6.37. The number of morpholine rings is 1. The highest BCUT2D eigenvalue weighted by Crippen LogP contribution is 2.53. The molecule has 1 aromatic rings. The van der Waals surface area contributed by atoms with Gasteiger partial charge in [-0.15, -0.1) is 6.58 Å². The highest BCUT2D eigenvalue weighted by Gasteiger charge is 2.50. The van der Waals surface area contributed by atoms with Gasteiger partial charge in [0.15, 0.2) is 0 Å². The van der Waals surface area contributed by atoms with Gasteiger partial charge in [0, 0.05) is 31.1 Å². The Bertz CT molecular complexity index is 1020. The van der Waals surface area contributed by atoms with Crippen molar-refractivity contribution in [1.82, 2.24) is 14.3 Å². The molecule has 0 bridgehead atoms. The molecule has 36 heavy (non-hydrogen) atoms. The van der Waals surface area contributed by atoms with Crippen LogP contribution in [-0.4, -0.2) is 79.4 Å². The van der Waals surface area contributed by atoms with E-state index >= 15 is 0 Å². The summed E-state index contributed by atoms with van der Waals surface area (Å²) in [6.45, 7) is 14.8. The molecule has 11 heteroatoms. The van der Waals surface area contributed by atoms with Crippen LogP contribution >= 0.6 is 11.6 Å². The Balaban J connectivity index is 0.000000454. The highest BCUT2D eigenvalue weighted by atomic mass is 35.5. The minimum atomic E-state index is -3.28. The van der Waals surface area contributed by atoms with Gasteiger partial charge in [-0.1, -0.05) is 6.08 Å². The van der Waals surface area contributed by atoms with E-state index in [2.05, 4.69) is 39.2 Å². The van der Waals surface area contributed by atoms with Crippen molar-refractivity contribution in [1.29, 1.82) is 0 Å². The van der Waals surface area contributed by atoms with E-state index in [0.29, 0.717) is 38.7 Å². The van der Waals surface area contributed by atoms with Crippen LogP contribution in [0.15, 0.2) is 18.7 Å². The average Bonchev–Trinajstić information content (AvgIpc) is 3.65. The largest absolute Gasteiger partial charge is 0.462 e. The van der Waals surface area contributed by atoms with Gasteiger partial charge in [0.2, 0.25) is 15.3 Å². The van der Waals surface area contributed by atoms with Crippen LogP contribution in [0, 0.1) is 5.92 Å². The minimum absolute atomic E-state index is 0.0121. The first-order valence-corrected chi connectivity index (χ1v) is 14.5. The Hall–Kier alpha value is -1.75. The Morgan fingerprint density at radius 1 is 1.25 bits per heavy atom. The number of sulfonamides is 1. The van der Waals surface area contributed by atoms with Crippen molar-refractivity contribution in [3.05, 3.63) is 29.7 Å². The maximum Gasteiger partial charge on any atom is 0.293 e. The Kier molecular flexibility index (Phi) is 9.41. The van der Waals surface area contributed by atoms with E-state index in [1.54, 1.807) is 4.31 Å². The first-order valence-electron chi connectivity index (χ1n) is 12.5. The molecule has 0 N–H and O–H groups in total. The van der Waals surface area contributed by atoms with Crippen molar-refractivity contribution >= 4 is 33.9 Å². The molecule has 0 spiro atoms. The molecule has 1 saturated carbocycles. The second-order valence-electron chi connectivity index (χ2n) is 10.7. The van der Waals surface area contributed by atoms with Gasteiger partial charge in [0.05, 0.1) is 30.7 Å². The quantitative estimate of drug-likeness (QED) is 0.293. The van der Waals surface area contributed by atoms with Gasteiger partial charge in [0.1, 0.15) is 11.4 Å². The molecule has 2 aliphatic heterocycles. The summed E-state index contributed by atoms with van der Waals surface area (Å²) in [5.41, 5.74) is 0.521. The van der Waals surface area contributed by atoms with Crippen LogP contribution in [0.1, 0.15) is 59.1 Å². The van der Waals surface area contributed by atoms with Gasteiger partial charge in [-0.05, 0) is 70.9 Å². The number of nitrogens with zero attached hydrogens (tertiary/aromatic N) is 4. The van der Waals surface area contributed by atoms with Crippen LogP contribution in [0.3, 0.4) is 0 Å². The van der Waals surface area contributed by atoms with E-state index in [1.165, 1.54) is 6.08 Å². The number of ether oxygens (including phenoxy) is 2. The number of aromatic nitrogens is 2. The second-order valence-corrected chi connectivity index (χ2v) is 13.1. The molecule has 0 aromatic carbocycles. The van der Waals surface area contributed by atoms with Crippen LogP contribution in [0.4, 0.5) is 5.82 Å². The second kappa shape index (κ2) is 11.8. The zero-order chi connectivity index (χ0) is 26.6. The standard InChI is InChI=1S/C20H29ClN4O3S.C5H10O2/c1-3-12-29(26,27)24-8-6-20(7-9-24,16-4-5-16)17-13-18(23-19(21)22-17)25-10-11-28-14-15(25)2;1-5(2,3)7-4-6/h3,13,15-16H,1,4-12,14H2,2H3;4H,1-3H3/t15-;/m0./s1. The molecule has 3 heterocycles. The van der Waals surface area contributed by atoms with E-state index in [9.17, 15) is 13.2 Å². The third-order valence-corrected chi connectivity index (χ3v) is 8.93. The van der Waals surface area contributed by atoms with Crippen molar-refractivity contribution in [2.45, 2.75) is 70.4 Å². The number of piperidine rings is 1. The lowest BCUT2D eigenvalue weighted by Gasteiger charge is -2.42. The Labute approximate surface area is 220 Å². The van der Waals surface area contributed by atoms with Gasteiger partial charge in [-0.2, -0.15) is 0 Å². The van der Waals surface area contributed by atoms with E-state index in [4.69, 9.17) is 16.3 Å². The van der Waals surface area contributed by atoms with Gasteiger partial charge < -0.3 is 14.4 Å². The maximum atomic E-state index is 12.5. The molecule has 2 saturated heterocycles. The van der Waals surface area contributed by atoms with Gasteiger partial charge >= 0.3 is 0 Å². The van der Waals surface area contributed by atoms with Gasteiger partial charge in [-0.25, -0.2) is 22.7 Å². The number of carbonyl (C=O) groups excluding carboxylic acids is 1. The molecule has 3 aliphatic rings. The lowest BCUT2D eigenvalue weighted by molar-refractivity contribution is -0.138. The molecule has 0 amide bonds. The molecule has 202 valence electrons. The topological polar surface area (TPSA) is 102 Å². The lowest BCUT2D eigenvalue weighted by Crippen LogP contribution is -2.47. The van der Waals surface area contributed by atoms with Crippen LogP contribution in [0.2, 0.25) is 5.28 Å². The molecule has 0 unspecified atom stereocenters. The van der Waals surface area contributed by atoms with Crippen molar-refractivity contribution < 1.29 is 22.7 Å². The van der Waals surface area contributed by atoms with Gasteiger partial charge in [-0.3, -0.25) is 4.79 Å². The molecular formula is C25H39ClN4O5S. The van der Waals surface area contributed by atoms with Crippen molar-refractivity contribution in [2.24, 2.45) is 5.92 Å². The summed E-state index contributed by atoms with van der Waals surface area (Å²) in [6, 6.07) is 2.31. The van der Waals surface area contributed by atoms with E-state index < -0.39 is 10.0 Å². The summed E-state index contributed by atoms with van der Waals surface area (Å²) in [5.74, 6) is 1.37. The average molecular weight is 543 g/mol. The SMILES string of the molecule is C=CCS(=O)(=O)N1CCC(c2cc(N3CCOC[C@@H]3C)nc(Cl)n2)(C2CC2)CC1.CC(C)(C)OC=O. The van der Waals surface area contributed by atoms with E-state index in [-0.39, 0.29) is 28.1 Å². The zero-order valence-electron chi connectivity index (χ0n) is 21.8. The van der Waals surface area contributed by atoms with Crippen LogP contribution in [0.25, 0.3) is 0 Å². The summed E-state index contributed by atoms with van der Waals surface area (Å²) < 4.78 is 36.6. The Morgan fingerprint density at radius 2 is 1.92 bits per heavy atom. The lowest BCUT2D eigenvalue weighted by atomic mass is 9.72. The predicted octanol–water partition coefficient (Wildman–Crippen LogP) is 3.57. The first kappa shape index (κ1) is 28.8. The molecule has 9 nitrogen and oxygen atoms in total. The normalized spacial score (nSPS) is 22.8. The highest BCUT2D eigenvalue weighted by molar-refractivity contribution is 7.89. The molecule has 1 atom stereocenters. The summed E-state index contributed by atoms with van der Waals surface area (Å²) in [5, 5.41) is 0.262. The summed E-state index contributed by atoms with van der Waals surface area (Å²) in [7, 11) is -3.28. The minimum Gasteiger partial charge on any atom is -0.462 e. The third-order valence-electron chi connectivity index (χ3n) is 6.95. The maximum absolute atomic E-state index is 12.5. The molecule has 4 rings (SSSR count). The van der Waals surface area contributed by atoms with Crippen molar-refractivity contribution in [3.8, 4) is 0 Å². The van der Waals surface area contributed by atoms with Crippen LogP contribution < -0.4 is 4.90 Å². The number of halogens is 1. The fraction of sp³-hybridized carbons (Fsp3) is 0.720. The number of carbonyl (C=O) groups is 1. The molecule has 1 aliphatic carbocycles. The number of hydrogen-bond acceptors (Lipinski definition) is 8. The predicted molar refractivity (Wildman–Crippen MR) is 141 cm³/mol. The third kappa shape index (κ3) is 7.18. The fourth-order valence-electron chi connectivity index (χ4n) is 4.95.